The lowest BCUT2D eigenvalue weighted by Crippen LogP contribution is -2.48. The van der Waals surface area contributed by atoms with Crippen LogP contribution in [-0.4, -0.2) is 56.1 Å². The van der Waals surface area contributed by atoms with Gasteiger partial charge >= 0.3 is 0 Å². The van der Waals surface area contributed by atoms with E-state index in [4.69, 9.17) is 9.47 Å². The number of nitro benzene ring substituents is 1. The van der Waals surface area contributed by atoms with E-state index in [1.54, 1.807) is 49.5 Å². The third kappa shape index (κ3) is 4.11. The SMILES string of the molecule is COc1cc(OC)cc(C(=O)N2CCN(c3ccc([N+](=O)[O-])cc3)CC2)c1. The van der Waals surface area contributed by atoms with Crippen LogP contribution < -0.4 is 14.4 Å². The number of hydrogen-bond donors (Lipinski definition) is 0. The highest BCUT2D eigenvalue weighted by Crippen LogP contribution is 2.25. The second-order valence-corrected chi connectivity index (χ2v) is 6.15. The van der Waals surface area contributed by atoms with Crippen LogP contribution in [0.2, 0.25) is 0 Å². The summed E-state index contributed by atoms with van der Waals surface area (Å²) in [5.41, 5.74) is 1.50. The molecule has 1 heterocycles. The van der Waals surface area contributed by atoms with Gasteiger partial charge in [-0.1, -0.05) is 0 Å². The van der Waals surface area contributed by atoms with E-state index in [0.717, 1.165) is 5.69 Å². The molecule has 0 saturated carbocycles. The lowest BCUT2D eigenvalue weighted by atomic mass is 10.1. The molecule has 0 aliphatic carbocycles. The molecule has 27 heavy (non-hydrogen) atoms. The molecule has 3 rings (SSSR count). The molecule has 1 fully saturated rings. The highest BCUT2D eigenvalue weighted by Gasteiger charge is 2.23. The maximum atomic E-state index is 12.8. The molecular weight excluding hydrogens is 350 g/mol. The van der Waals surface area contributed by atoms with Gasteiger partial charge in [0.1, 0.15) is 11.5 Å². The highest BCUT2D eigenvalue weighted by atomic mass is 16.6. The van der Waals surface area contributed by atoms with Crippen molar-refractivity contribution >= 4 is 17.3 Å². The fourth-order valence-electron chi connectivity index (χ4n) is 3.07. The van der Waals surface area contributed by atoms with Crippen molar-refractivity contribution in [2.75, 3.05) is 45.3 Å². The lowest BCUT2D eigenvalue weighted by molar-refractivity contribution is -0.384. The number of benzene rings is 2. The summed E-state index contributed by atoms with van der Waals surface area (Å²) >= 11 is 0. The Labute approximate surface area is 157 Å². The Balaban J connectivity index is 1.66. The van der Waals surface area contributed by atoms with Gasteiger partial charge in [0.05, 0.1) is 19.1 Å². The van der Waals surface area contributed by atoms with Crippen molar-refractivity contribution in [1.82, 2.24) is 4.90 Å². The van der Waals surface area contributed by atoms with Gasteiger partial charge in [0.2, 0.25) is 0 Å². The van der Waals surface area contributed by atoms with E-state index in [9.17, 15) is 14.9 Å². The van der Waals surface area contributed by atoms with E-state index in [-0.39, 0.29) is 11.6 Å². The predicted molar refractivity (Wildman–Crippen MR) is 101 cm³/mol. The quantitative estimate of drug-likeness (QED) is 0.593. The molecular formula is C19H21N3O5. The number of hydrogen-bond acceptors (Lipinski definition) is 6. The van der Waals surface area contributed by atoms with Gasteiger partial charge in [0.25, 0.3) is 11.6 Å². The van der Waals surface area contributed by atoms with Crippen molar-refractivity contribution in [2.24, 2.45) is 0 Å². The van der Waals surface area contributed by atoms with Crippen LogP contribution in [0.15, 0.2) is 42.5 Å². The molecule has 8 heteroatoms. The van der Waals surface area contributed by atoms with Crippen LogP contribution in [0.5, 0.6) is 11.5 Å². The van der Waals surface area contributed by atoms with Gasteiger partial charge in [-0.15, -0.1) is 0 Å². The standard InChI is InChI=1S/C19H21N3O5/c1-26-17-11-14(12-18(13-17)27-2)19(23)21-9-7-20(8-10-21)15-3-5-16(6-4-15)22(24)25/h3-6,11-13H,7-10H2,1-2H3. The zero-order valence-corrected chi connectivity index (χ0v) is 15.3. The summed E-state index contributed by atoms with van der Waals surface area (Å²) < 4.78 is 10.5. The first kappa shape index (κ1) is 18.5. The number of methoxy groups -OCH3 is 2. The average Bonchev–Trinajstić information content (AvgIpc) is 2.73. The van der Waals surface area contributed by atoms with E-state index in [2.05, 4.69) is 4.90 Å². The Hall–Kier alpha value is -3.29. The number of non-ortho nitro benzene ring substituents is 1. The van der Waals surface area contributed by atoms with Crippen LogP contribution in [0, 0.1) is 10.1 Å². The minimum absolute atomic E-state index is 0.0690. The molecule has 8 nitrogen and oxygen atoms in total. The van der Waals surface area contributed by atoms with Crippen LogP contribution in [0.3, 0.4) is 0 Å². The van der Waals surface area contributed by atoms with Gasteiger partial charge in [0, 0.05) is 55.6 Å². The first-order valence-electron chi connectivity index (χ1n) is 8.53. The lowest BCUT2D eigenvalue weighted by Gasteiger charge is -2.36. The average molecular weight is 371 g/mol. The maximum Gasteiger partial charge on any atom is 0.269 e. The summed E-state index contributed by atoms with van der Waals surface area (Å²) in [4.78, 5) is 27.1. The summed E-state index contributed by atoms with van der Waals surface area (Å²) in [5.74, 6) is 1.07. The molecule has 0 N–H and O–H groups in total. The number of ether oxygens (including phenoxy) is 2. The van der Waals surface area contributed by atoms with E-state index in [1.165, 1.54) is 12.1 Å². The first-order chi connectivity index (χ1) is 13.0. The molecule has 0 bridgehead atoms. The number of amides is 1. The van der Waals surface area contributed by atoms with Crippen LogP contribution >= 0.6 is 0 Å². The Morgan fingerprint density at radius 3 is 2.00 bits per heavy atom. The van der Waals surface area contributed by atoms with Gasteiger partial charge in [-0.25, -0.2) is 0 Å². The van der Waals surface area contributed by atoms with Gasteiger partial charge in [-0.2, -0.15) is 0 Å². The Morgan fingerprint density at radius 2 is 1.52 bits per heavy atom. The summed E-state index contributed by atoms with van der Waals surface area (Å²) in [6, 6.07) is 11.6. The van der Waals surface area contributed by atoms with Crippen LogP contribution in [0.25, 0.3) is 0 Å². The van der Waals surface area contributed by atoms with E-state index >= 15 is 0 Å². The zero-order valence-electron chi connectivity index (χ0n) is 15.3. The number of nitrogens with zero attached hydrogens (tertiary/aromatic N) is 3. The van der Waals surface area contributed by atoms with Crippen molar-refractivity contribution in [1.29, 1.82) is 0 Å². The number of piperazine rings is 1. The number of nitro groups is 1. The third-order valence-corrected chi connectivity index (χ3v) is 4.59. The van der Waals surface area contributed by atoms with Gasteiger partial charge in [0.15, 0.2) is 0 Å². The van der Waals surface area contributed by atoms with Crippen molar-refractivity contribution in [2.45, 2.75) is 0 Å². The molecule has 1 aliphatic rings. The smallest absolute Gasteiger partial charge is 0.269 e. The van der Waals surface area contributed by atoms with Crippen molar-refractivity contribution < 1.29 is 19.2 Å². The highest BCUT2D eigenvalue weighted by molar-refractivity contribution is 5.95. The summed E-state index contributed by atoms with van der Waals surface area (Å²) in [5, 5.41) is 10.8. The number of anilines is 1. The fraction of sp³-hybridized carbons (Fsp3) is 0.316. The molecule has 1 amide bonds. The molecule has 0 atom stereocenters. The molecule has 2 aromatic carbocycles. The van der Waals surface area contributed by atoms with Crippen molar-refractivity contribution in [3.8, 4) is 11.5 Å². The summed E-state index contributed by atoms with van der Waals surface area (Å²) in [7, 11) is 3.10. The predicted octanol–water partition coefficient (Wildman–Crippen LogP) is 2.57. The molecule has 0 radical (unpaired) electrons. The fourth-order valence-corrected chi connectivity index (χ4v) is 3.07. The molecule has 0 aromatic heterocycles. The zero-order chi connectivity index (χ0) is 19.4. The second kappa shape index (κ2) is 7.94. The monoisotopic (exact) mass is 371 g/mol. The third-order valence-electron chi connectivity index (χ3n) is 4.59. The Morgan fingerprint density at radius 1 is 0.963 bits per heavy atom. The minimum atomic E-state index is -0.414. The maximum absolute atomic E-state index is 12.8. The van der Waals surface area contributed by atoms with E-state index in [1.807, 2.05) is 0 Å². The van der Waals surface area contributed by atoms with Crippen molar-refractivity contribution in [3.05, 3.63) is 58.1 Å². The largest absolute Gasteiger partial charge is 0.497 e. The Kier molecular flexibility index (Phi) is 5.44. The normalized spacial score (nSPS) is 14.0. The van der Waals surface area contributed by atoms with Gasteiger partial charge < -0.3 is 19.3 Å². The van der Waals surface area contributed by atoms with Gasteiger partial charge in [-0.3, -0.25) is 14.9 Å². The second-order valence-electron chi connectivity index (χ2n) is 6.15. The van der Waals surface area contributed by atoms with E-state index < -0.39 is 4.92 Å². The van der Waals surface area contributed by atoms with Crippen molar-refractivity contribution in [3.63, 3.8) is 0 Å². The minimum Gasteiger partial charge on any atom is -0.497 e. The molecule has 1 saturated heterocycles. The van der Waals surface area contributed by atoms with Crippen LogP contribution in [0.1, 0.15) is 10.4 Å². The number of rotatable bonds is 5. The molecule has 0 spiro atoms. The Bertz CT molecular complexity index is 807. The van der Waals surface area contributed by atoms with Gasteiger partial charge in [-0.05, 0) is 24.3 Å². The topological polar surface area (TPSA) is 85.2 Å². The molecule has 142 valence electrons. The summed E-state index contributed by atoms with van der Waals surface area (Å²) in [6.45, 7) is 2.44. The van der Waals surface area contributed by atoms with Crippen LogP contribution in [0.4, 0.5) is 11.4 Å². The van der Waals surface area contributed by atoms with E-state index in [0.29, 0.717) is 43.2 Å². The summed E-state index contributed by atoms with van der Waals surface area (Å²) in [6.07, 6.45) is 0. The number of carbonyl (C=O) groups is 1. The molecule has 2 aromatic rings. The molecule has 0 unspecified atom stereocenters. The van der Waals surface area contributed by atoms with Crippen LogP contribution in [-0.2, 0) is 0 Å². The molecule has 1 aliphatic heterocycles. The first-order valence-corrected chi connectivity index (χ1v) is 8.53. The number of carbonyl (C=O) groups excluding carboxylic acids is 1.